The molecule has 1 aliphatic heterocycles. The Hall–Kier alpha value is -4.64. The van der Waals surface area contributed by atoms with Crippen molar-refractivity contribution in [1.82, 2.24) is 19.8 Å². The van der Waals surface area contributed by atoms with Crippen molar-refractivity contribution in [3.05, 3.63) is 82.5 Å². The van der Waals surface area contributed by atoms with Crippen LogP contribution in [0.3, 0.4) is 0 Å². The van der Waals surface area contributed by atoms with Crippen molar-refractivity contribution >= 4 is 27.7 Å². The van der Waals surface area contributed by atoms with Gasteiger partial charge in [0.15, 0.2) is 11.5 Å². The van der Waals surface area contributed by atoms with Gasteiger partial charge in [-0.1, -0.05) is 17.9 Å². The topological polar surface area (TPSA) is 122 Å². The van der Waals surface area contributed by atoms with Gasteiger partial charge in [0.05, 0.1) is 17.9 Å². The van der Waals surface area contributed by atoms with Gasteiger partial charge < -0.3 is 14.5 Å². The van der Waals surface area contributed by atoms with Gasteiger partial charge in [-0.3, -0.25) is 9.59 Å². The molecule has 5 aliphatic rings. The lowest BCUT2D eigenvalue weighted by Gasteiger charge is -2.56. The molecule has 0 unspecified atom stereocenters. The number of amides is 2. The standard InChI is InChI=1S/C38H40F3N5O5S/c1-2-51-32-5-3-4-25(19-32)6-7-26-17-30(20-31(18-26)38(39,40)41)36(48)46-12-10-45(11-13-46)34-9-8-33(42-43-34)35(47)44-52(49,50)24-37-21-27-14-28(22-37)16-29(15-27)23-37/h3-5,8-9,17-20,27-29H,2,10-16,21-24H2,1H3,(H,44,47). The van der Waals surface area contributed by atoms with E-state index in [1.165, 1.54) is 36.3 Å². The molecule has 0 spiro atoms. The molecule has 10 nitrogen and oxygen atoms in total. The van der Waals surface area contributed by atoms with E-state index in [-0.39, 0.29) is 41.1 Å². The van der Waals surface area contributed by atoms with Crippen LogP contribution in [0.2, 0.25) is 0 Å². The summed E-state index contributed by atoms with van der Waals surface area (Å²) >= 11 is 0. The average Bonchev–Trinajstić information content (AvgIpc) is 3.09. The highest BCUT2D eigenvalue weighted by atomic mass is 32.2. The Kier molecular flexibility index (Phi) is 9.67. The molecule has 0 radical (unpaired) electrons. The fraction of sp³-hybridized carbons (Fsp3) is 0.474. The fourth-order valence-corrected chi connectivity index (χ4v) is 10.6. The first-order valence-corrected chi connectivity index (χ1v) is 19.3. The zero-order valence-corrected chi connectivity index (χ0v) is 29.6. The van der Waals surface area contributed by atoms with E-state index in [1.807, 2.05) is 11.8 Å². The molecule has 3 aromatic rings. The number of carbonyl (C=O) groups excluding carboxylic acids is 2. The van der Waals surface area contributed by atoms with E-state index in [0.717, 1.165) is 31.4 Å². The van der Waals surface area contributed by atoms with Gasteiger partial charge in [-0.25, -0.2) is 13.1 Å². The summed E-state index contributed by atoms with van der Waals surface area (Å²) in [5.41, 5.74) is -0.861. The molecule has 52 heavy (non-hydrogen) atoms. The van der Waals surface area contributed by atoms with Crippen LogP contribution in [0.1, 0.15) is 83.0 Å². The molecule has 1 aromatic heterocycles. The van der Waals surface area contributed by atoms with Gasteiger partial charge in [-0.2, -0.15) is 13.2 Å². The van der Waals surface area contributed by atoms with E-state index in [1.54, 1.807) is 30.3 Å². The lowest BCUT2D eigenvalue weighted by molar-refractivity contribution is -0.137. The van der Waals surface area contributed by atoms with Crippen LogP contribution in [0, 0.1) is 35.0 Å². The number of benzene rings is 2. The molecule has 1 N–H and O–H groups in total. The summed E-state index contributed by atoms with van der Waals surface area (Å²) in [7, 11) is -3.88. The van der Waals surface area contributed by atoms with Crippen LogP contribution in [0.5, 0.6) is 5.75 Å². The Morgan fingerprint density at radius 3 is 2.19 bits per heavy atom. The van der Waals surface area contributed by atoms with Crippen LogP contribution in [0.4, 0.5) is 19.0 Å². The Morgan fingerprint density at radius 2 is 1.58 bits per heavy atom. The van der Waals surface area contributed by atoms with Gasteiger partial charge in [0.2, 0.25) is 10.0 Å². The molecule has 2 heterocycles. The quantitative estimate of drug-likeness (QED) is 0.300. The first-order chi connectivity index (χ1) is 24.8. The van der Waals surface area contributed by atoms with Gasteiger partial charge >= 0.3 is 6.18 Å². The summed E-state index contributed by atoms with van der Waals surface area (Å²) in [6.07, 6.45) is 1.61. The van der Waals surface area contributed by atoms with Crippen LogP contribution in [-0.4, -0.2) is 73.9 Å². The Morgan fingerprint density at radius 1 is 0.904 bits per heavy atom. The minimum Gasteiger partial charge on any atom is -0.494 e. The number of ether oxygens (including phenoxy) is 1. The molecule has 4 bridgehead atoms. The SMILES string of the molecule is CCOc1cccc(C#Cc2cc(C(=O)N3CCN(c4ccc(C(=O)NS(=O)(=O)CC56CC7CC(CC(C7)C5)C6)nn4)CC3)cc(C(F)(F)F)c2)c1. The molecular formula is C38H40F3N5O5S. The molecule has 4 saturated carbocycles. The number of aromatic nitrogens is 2. The largest absolute Gasteiger partial charge is 0.494 e. The van der Waals surface area contributed by atoms with E-state index in [2.05, 4.69) is 26.8 Å². The maximum atomic E-state index is 13.8. The molecule has 14 heteroatoms. The minimum absolute atomic E-state index is 0.0532. The third kappa shape index (κ3) is 8.04. The number of hydrogen-bond donors (Lipinski definition) is 1. The van der Waals surface area contributed by atoms with Gasteiger partial charge in [-0.05, 0) is 117 Å². The van der Waals surface area contributed by atoms with E-state index in [9.17, 15) is 31.2 Å². The summed E-state index contributed by atoms with van der Waals surface area (Å²) in [6, 6.07) is 13.0. The average molecular weight is 736 g/mol. The summed E-state index contributed by atoms with van der Waals surface area (Å²) in [4.78, 5) is 29.7. The first kappa shape index (κ1) is 35.7. The number of nitrogens with zero attached hydrogens (tertiary/aromatic N) is 4. The van der Waals surface area contributed by atoms with Crippen molar-refractivity contribution in [3.63, 3.8) is 0 Å². The molecule has 8 rings (SSSR count). The highest BCUT2D eigenvalue weighted by Crippen LogP contribution is 2.60. The Balaban J connectivity index is 0.968. The van der Waals surface area contributed by atoms with Crippen LogP contribution < -0.4 is 14.4 Å². The lowest BCUT2D eigenvalue weighted by Crippen LogP contribution is -2.51. The van der Waals surface area contributed by atoms with Crippen molar-refractivity contribution in [1.29, 1.82) is 0 Å². The minimum atomic E-state index is -4.68. The summed E-state index contributed by atoms with van der Waals surface area (Å²) in [5, 5.41) is 8.13. The highest BCUT2D eigenvalue weighted by Gasteiger charge is 2.52. The van der Waals surface area contributed by atoms with Gasteiger partial charge in [0.1, 0.15) is 5.75 Å². The van der Waals surface area contributed by atoms with Crippen molar-refractivity contribution in [2.24, 2.45) is 23.2 Å². The maximum absolute atomic E-state index is 13.8. The maximum Gasteiger partial charge on any atom is 0.416 e. The monoisotopic (exact) mass is 735 g/mol. The molecule has 2 aromatic carbocycles. The predicted octanol–water partition coefficient (Wildman–Crippen LogP) is 5.53. The molecule has 4 aliphatic carbocycles. The molecule has 274 valence electrons. The predicted molar refractivity (Wildman–Crippen MR) is 187 cm³/mol. The van der Waals surface area contributed by atoms with E-state index < -0.39 is 33.6 Å². The van der Waals surface area contributed by atoms with Crippen LogP contribution >= 0.6 is 0 Å². The van der Waals surface area contributed by atoms with E-state index in [0.29, 0.717) is 54.6 Å². The van der Waals surface area contributed by atoms with Gasteiger partial charge in [0.25, 0.3) is 11.8 Å². The van der Waals surface area contributed by atoms with E-state index >= 15 is 0 Å². The zero-order valence-electron chi connectivity index (χ0n) is 28.8. The number of halogens is 3. The third-order valence-electron chi connectivity index (χ3n) is 10.7. The second-order valence-electron chi connectivity index (χ2n) is 14.7. The van der Waals surface area contributed by atoms with Crippen LogP contribution in [-0.2, 0) is 16.2 Å². The second kappa shape index (κ2) is 14.1. The van der Waals surface area contributed by atoms with Crippen molar-refractivity contribution < 1.29 is 35.9 Å². The smallest absolute Gasteiger partial charge is 0.416 e. The fourth-order valence-electron chi connectivity index (χ4n) is 9.00. The first-order valence-electron chi connectivity index (χ1n) is 17.7. The van der Waals surface area contributed by atoms with Gasteiger partial charge in [0, 0.05) is 42.9 Å². The third-order valence-corrected chi connectivity index (χ3v) is 12.2. The Labute approximate surface area is 301 Å². The molecule has 0 atom stereocenters. The highest BCUT2D eigenvalue weighted by molar-refractivity contribution is 7.90. The van der Waals surface area contributed by atoms with Gasteiger partial charge in [-0.15, -0.1) is 10.2 Å². The van der Waals surface area contributed by atoms with Crippen LogP contribution in [0.25, 0.3) is 0 Å². The number of hydrogen-bond acceptors (Lipinski definition) is 8. The van der Waals surface area contributed by atoms with Crippen LogP contribution in [0.15, 0.2) is 54.6 Å². The lowest BCUT2D eigenvalue weighted by atomic mass is 9.50. The normalized spacial score (nSPS) is 23.9. The number of nitrogens with one attached hydrogen (secondary N) is 1. The molecule has 1 saturated heterocycles. The summed E-state index contributed by atoms with van der Waals surface area (Å²) in [6.45, 7) is 3.32. The second-order valence-corrected chi connectivity index (χ2v) is 16.4. The van der Waals surface area contributed by atoms with Crippen molar-refractivity contribution in [3.8, 4) is 17.6 Å². The number of carbonyl (C=O) groups is 2. The molecule has 2 amide bonds. The number of piperazine rings is 1. The van der Waals surface area contributed by atoms with Crippen molar-refractivity contribution in [2.75, 3.05) is 43.4 Å². The number of anilines is 1. The zero-order chi connectivity index (χ0) is 36.7. The summed E-state index contributed by atoms with van der Waals surface area (Å²) < 4.78 is 75.5. The summed E-state index contributed by atoms with van der Waals surface area (Å²) in [5.74, 6) is 6.96. The number of rotatable bonds is 8. The van der Waals surface area contributed by atoms with E-state index in [4.69, 9.17) is 4.74 Å². The number of alkyl halides is 3. The molecule has 5 fully saturated rings. The van der Waals surface area contributed by atoms with Crippen molar-refractivity contribution in [2.45, 2.75) is 51.6 Å². The number of sulfonamides is 1. The Bertz CT molecular complexity index is 1980. The molecular weight excluding hydrogens is 696 g/mol.